The maximum Gasteiger partial charge on any atom is 0.258 e. The lowest BCUT2D eigenvalue weighted by atomic mass is 10.1. The van der Waals surface area contributed by atoms with Gasteiger partial charge in [-0.3, -0.25) is 9.59 Å². The summed E-state index contributed by atoms with van der Waals surface area (Å²) < 4.78 is 0. The summed E-state index contributed by atoms with van der Waals surface area (Å²) in [5, 5.41) is 5.75. The van der Waals surface area contributed by atoms with Crippen LogP contribution in [-0.2, 0) is 4.79 Å². The van der Waals surface area contributed by atoms with Gasteiger partial charge in [0.1, 0.15) is 0 Å². The maximum atomic E-state index is 12.6. The van der Waals surface area contributed by atoms with Gasteiger partial charge in [-0.1, -0.05) is 38.1 Å². The van der Waals surface area contributed by atoms with Crippen molar-refractivity contribution in [3.63, 3.8) is 0 Å². The summed E-state index contributed by atoms with van der Waals surface area (Å²) in [7, 11) is 1.73. The minimum atomic E-state index is -0.160. The van der Waals surface area contributed by atoms with E-state index in [-0.39, 0.29) is 22.8 Å². The third kappa shape index (κ3) is 5.12. The number of amides is 2. The highest BCUT2D eigenvalue weighted by molar-refractivity contribution is 7.80. The third-order valence-corrected chi connectivity index (χ3v) is 3.78. The molecule has 0 spiro atoms. The Kier molecular flexibility index (Phi) is 6.25. The van der Waals surface area contributed by atoms with E-state index in [0.717, 1.165) is 5.69 Å². The zero-order valence-electron chi connectivity index (χ0n) is 14.4. The molecule has 0 unspecified atom stereocenters. The Hall–Kier alpha value is -2.73. The highest BCUT2D eigenvalue weighted by Gasteiger charge is 2.14. The van der Waals surface area contributed by atoms with Gasteiger partial charge in [0.15, 0.2) is 5.11 Å². The van der Waals surface area contributed by atoms with E-state index in [0.29, 0.717) is 11.3 Å². The van der Waals surface area contributed by atoms with Crippen LogP contribution in [0.4, 0.5) is 11.4 Å². The first-order valence-corrected chi connectivity index (χ1v) is 8.34. The van der Waals surface area contributed by atoms with Crippen LogP contribution in [0.25, 0.3) is 0 Å². The molecule has 2 amide bonds. The van der Waals surface area contributed by atoms with Gasteiger partial charge < -0.3 is 15.5 Å². The van der Waals surface area contributed by atoms with Gasteiger partial charge in [-0.15, -0.1) is 0 Å². The number of nitrogens with zero attached hydrogens (tertiary/aromatic N) is 1. The molecular formula is C19H21N3O2S. The number of rotatable bonds is 4. The van der Waals surface area contributed by atoms with Crippen LogP contribution in [0.1, 0.15) is 24.2 Å². The second-order valence-corrected chi connectivity index (χ2v) is 6.29. The fraction of sp³-hybridized carbons (Fsp3) is 0.211. The van der Waals surface area contributed by atoms with Crippen LogP contribution < -0.4 is 15.5 Å². The van der Waals surface area contributed by atoms with E-state index >= 15 is 0 Å². The number of anilines is 2. The average Bonchev–Trinajstić information content (AvgIpc) is 2.61. The van der Waals surface area contributed by atoms with Crippen molar-refractivity contribution in [2.75, 3.05) is 17.3 Å². The minimum Gasteiger partial charge on any atom is -0.332 e. The molecule has 6 heteroatoms. The van der Waals surface area contributed by atoms with Gasteiger partial charge in [-0.05, 0) is 42.5 Å². The molecule has 2 N–H and O–H groups in total. The number of carbonyl (C=O) groups excluding carboxylic acids is 2. The second-order valence-electron chi connectivity index (χ2n) is 5.88. The van der Waals surface area contributed by atoms with Crippen LogP contribution in [0.15, 0.2) is 54.6 Å². The van der Waals surface area contributed by atoms with Crippen LogP contribution in [-0.4, -0.2) is 24.0 Å². The normalized spacial score (nSPS) is 10.2. The van der Waals surface area contributed by atoms with Crippen molar-refractivity contribution in [3.8, 4) is 0 Å². The van der Waals surface area contributed by atoms with Crippen molar-refractivity contribution in [2.45, 2.75) is 13.8 Å². The molecule has 0 saturated carbocycles. The highest BCUT2D eigenvalue weighted by Crippen LogP contribution is 2.17. The third-order valence-electron chi connectivity index (χ3n) is 3.58. The lowest BCUT2D eigenvalue weighted by Crippen LogP contribution is -2.36. The Labute approximate surface area is 153 Å². The number of thiocarbonyl (C=S) groups is 1. The molecule has 0 aliphatic rings. The molecule has 2 aromatic rings. The molecule has 0 heterocycles. The first kappa shape index (κ1) is 18.6. The van der Waals surface area contributed by atoms with Gasteiger partial charge in [0.25, 0.3) is 5.91 Å². The minimum absolute atomic E-state index is 0.132. The highest BCUT2D eigenvalue weighted by atomic mass is 32.1. The van der Waals surface area contributed by atoms with E-state index in [9.17, 15) is 9.59 Å². The summed E-state index contributed by atoms with van der Waals surface area (Å²) in [5.41, 5.74) is 1.97. The molecule has 0 aromatic heterocycles. The monoisotopic (exact) mass is 355 g/mol. The average molecular weight is 355 g/mol. The molecule has 2 rings (SSSR count). The Bertz CT molecular complexity index is 775. The number of para-hydroxylation sites is 1. The van der Waals surface area contributed by atoms with E-state index in [2.05, 4.69) is 10.6 Å². The van der Waals surface area contributed by atoms with E-state index in [1.165, 1.54) is 0 Å². The van der Waals surface area contributed by atoms with Crippen LogP contribution in [0.3, 0.4) is 0 Å². The summed E-state index contributed by atoms with van der Waals surface area (Å²) in [5.74, 6) is -0.451. The Morgan fingerprint density at radius 3 is 2.36 bits per heavy atom. The molecule has 2 aromatic carbocycles. The molecule has 0 radical (unpaired) electrons. The van der Waals surface area contributed by atoms with E-state index in [1.54, 1.807) is 50.1 Å². The van der Waals surface area contributed by atoms with Gasteiger partial charge in [-0.2, -0.15) is 0 Å². The molecule has 0 saturated heterocycles. The van der Waals surface area contributed by atoms with Crippen molar-refractivity contribution < 1.29 is 9.59 Å². The first-order chi connectivity index (χ1) is 11.9. The Morgan fingerprint density at radius 1 is 1.04 bits per heavy atom. The standard InChI is InChI=1S/C19H21N3O2S/c1-13(2)17(23)21-19(25)20-15-9-7-8-14(12-15)18(24)22(3)16-10-5-4-6-11-16/h4-13H,1-3H3,(H2,20,21,23,25). The number of benzene rings is 2. The lowest BCUT2D eigenvalue weighted by Gasteiger charge is -2.18. The Morgan fingerprint density at radius 2 is 1.72 bits per heavy atom. The molecule has 5 nitrogen and oxygen atoms in total. The zero-order valence-corrected chi connectivity index (χ0v) is 15.3. The van der Waals surface area contributed by atoms with E-state index < -0.39 is 0 Å². The zero-order chi connectivity index (χ0) is 18.4. The Balaban J connectivity index is 2.09. The summed E-state index contributed by atoms with van der Waals surface area (Å²) in [6.45, 7) is 3.58. The molecule has 0 fully saturated rings. The van der Waals surface area contributed by atoms with Gasteiger partial charge >= 0.3 is 0 Å². The topological polar surface area (TPSA) is 61.4 Å². The van der Waals surface area contributed by atoms with Crippen molar-refractivity contribution in [1.29, 1.82) is 0 Å². The summed E-state index contributed by atoms with van der Waals surface area (Å²) >= 11 is 5.13. The molecule has 130 valence electrons. The van der Waals surface area contributed by atoms with Crippen LogP contribution in [0.2, 0.25) is 0 Å². The van der Waals surface area contributed by atoms with Gasteiger partial charge in [0, 0.05) is 29.9 Å². The quantitative estimate of drug-likeness (QED) is 0.825. The number of hydrogen-bond donors (Lipinski definition) is 2. The predicted molar refractivity (Wildman–Crippen MR) is 105 cm³/mol. The van der Waals surface area contributed by atoms with Crippen LogP contribution >= 0.6 is 12.2 Å². The lowest BCUT2D eigenvalue weighted by molar-refractivity contribution is -0.122. The largest absolute Gasteiger partial charge is 0.332 e. The predicted octanol–water partition coefficient (Wildman–Crippen LogP) is 3.43. The number of nitrogens with one attached hydrogen (secondary N) is 2. The SMILES string of the molecule is CC(C)C(=O)NC(=S)Nc1cccc(C(=O)N(C)c2ccccc2)c1. The summed E-state index contributed by atoms with van der Waals surface area (Å²) in [4.78, 5) is 25.9. The smallest absolute Gasteiger partial charge is 0.258 e. The first-order valence-electron chi connectivity index (χ1n) is 7.93. The van der Waals surface area contributed by atoms with Crippen molar-refractivity contribution >= 4 is 40.5 Å². The fourth-order valence-electron chi connectivity index (χ4n) is 2.11. The van der Waals surface area contributed by atoms with Gasteiger partial charge in [-0.25, -0.2) is 0 Å². The summed E-state index contributed by atoms with van der Waals surface area (Å²) in [6.07, 6.45) is 0. The molecule has 0 aliphatic carbocycles. The van der Waals surface area contributed by atoms with Gasteiger partial charge in [0.2, 0.25) is 5.91 Å². The molecule has 0 aliphatic heterocycles. The molecule has 25 heavy (non-hydrogen) atoms. The van der Waals surface area contributed by atoms with Crippen molar-refractivity contribution in [1.82, 2.24) is 5.32 Å². The second kappa shape index (κ2) is 8.39. The van der Waals surface area contributed by atoms with Crippen LogP contribution in [0, 0.1) is 5.92 Å². The maximum absolute atomic E-state index is 12.6. The summed E-state index contributed by atoms with van der Waals surface area (Å²) in [6, 6.07) is 16.4. The molecular weight excluding hydrogens is 334 g/mol. The molecule has 0 bridgehead atoms. The fourth-order valence-corrected chi connectivity index (χ4v) is 2.33. The van der Waals surface area contributed by atoms with Crippen LogP contribution in [0.5, 0.6) is 0 Å². The molecule has 0 atom stereocenters. The van der Waals surface area contributed by atoms with E-state index in [1.807, 2.05) is 30.3 Å². The van der Waals surface area contributed by atoms with Crippen molar-refractivity contribution in [2.24, 2.45) is 5.92 Å². The number of carbonyl (C=O) groups is 2. The van der Waals surface area contributed by atoms with E-state index in [4.69, 9.17) is 12.2 Å². The van der Waals surface area contributed by atoms with Gasteiger partial charge in [0.05, 0.1) is 0 Å². The number of hydrogen-bond acceptors (Lipinski definition) is 3. The van der Waals surface area contributed by atoms with Crippen molar-refractivity contribution in [3.05, 3.63) is 60.2 Å².